The maximum absolute atomic E-state index is 12.6. The van der Waals surface area contributed by atoms with E-state index in [9.17, 15) is 9.59 Å². The van der Waals surface area contributed by atoms with Crippen molar-refractivity contribution in [3.05, 3.63) is 82.3 Å². The van der Waals surface area contributed by atoms with E-state index >= 15 is 0 Å². The van der Waals surface area contributed by atoms with Crippen LogP contribution in [0.15, 0.2) is 71.2 Å². The van der Waals surface area contributed by atoms with Crippen LogP contribution in [0.4, 0.5) is 5.69 Å². The number of aromatic nitrogens is 2. The Morgan fingerprint density at radius 2 is 1.52 bits per heavy atom. The molecule has 0 atom stereocenters. The number of H-pyrrole nitrogens is 1. The zero-order chi connectivity index (χ0) is 18.5. The first-order valence-electron chi connectivity index (χ1n) is 8.35. The van der Waals surface area contributed by atoms with Gasteiger partial charge in [0.25, 0.3) is 11.8 Å². The number of rotatable bonds is 2. The molecule has 1 aromatic heterocycles. The number of halogens is 1. The van der Waals surface area contributed by atoms with E-state index < -0.39 is 0 Å². The van der Waals surface area contributed by atoms with Crippen LogP contribution >= 0.6 is 15.9 Å². The normalized spacial score (nSPS) is 13.4. The van der Waals surface area contributed by atoms with E-state index in [1.165, 1.54) is 4.90 Å². The minimum atomic E-state index is -0.295. The van der Waals surface area contributed by atoms with E-state index in [-0.39, 0.29) is 11.8 Å². The molecule has 0 spiro atoms. The number of fused-ring (bicyclic) bond motifs is 2. The lowest BCUT2D eigenvalue weighted by Gasteiger charge is -2.14. The molecule has 1 aliphatic rings. The van der Waals surface area contributed by atoms with Gasteiger partial charge in [0.1, 0.15) is 5.82 Å². The molecule has 0 aliphatic carbocycles. The van der Waals surface area contributed by atoms with E-state index in [0.717, 1.165) is 26.9 Å². The lowest BCUT2D eigenvalue weighted by molar-refractivity contribution is 0.0926. The number of imide groups is 1. The van der Waals surface area contributed by atoms with Gasteiger partial charge in [0.05, 0.1) is 27.8 Å². The first-order valence-corrected chi connectivity index (χ1v) is 9.15. The second kappa shape index (κ2) is 5.89. The monoisotopic (exact) mass is 417 g/mol. The molecule has 27 heavy (non-hydrogen) atoms. The molecule has 1 aliphatic heterocycles. The number of nitrogens with zero attached hydrogens (tertiary/aromatic N) is 2. The summed E-state index contributed by atoms with van der Waals surface area (Å²) < 4.78 is 0.978. The third kappa shape index (κ3) is 2.49. The van der Waals surface area contributed by atoms with Crippen LogP contribution in [0.3, 0.4) is 0 Å². The third-order valence-corrected chi connectivity index (χ3v) is 5.13. The van der Waals surface area contributed by atoms with Crippen LogP contribution < -0.4 is 4.90 Å². The van der Waals surface area contributed by atoms with Crippen molar-refractivity contribution in [1.82, 2.24) is 9.97 Å². The van der Waals surface area contributed by atoms with Gasteiger partial charge < -0.3 is 4.98 Å². The standard InChI is InChI=1S/C21H12BrN3O2/c22-13-7-10-17-18(11-13)24-19(23-17)12-5-8-14(9-6-12)25-20(26)15-3-1-2-4-16(15)21(25)27/h1-11H,(H,23,24). The zero-order valence-electron chi connectivity index (χ0n) is 13.9. The maximum atomic E-state index is 12.6. The van der Waals surface area contributed by atoms with Crippen LogP contribution in [-0.4, -0.2) is 21.8 Å². The molecule has 2 amide bonds. The van der Waals surface area contributed by atoms with Crippen LogP contribution in [0.2, 0.25) is 0 Å². The second-order valence-corrected chi connectivity index (χ2v) is 7.20. The number of benzene rings is 3. The number of hydrogen-bond acceptors (Lipinski definition) is 3. The molecule has 0 saturated heterocycles. The Kier molecular flexibility index (Phi) is 3.48. The molecule has 1 N–H and O–H groups in total. The molecule has 6 heteroatoms. The lowest BCUT2D eigenvalue weighted by atomic mass is 10.1. The molecule has 0 bridgehead atoms. The van der Waals surface area contributed by atoms with E-state index in [1.54, 1.807) is 36.4 Å². The number of amides is 2. The van der Waals surface area contributed by atoms with Crippen molar-refractivity contribution < 1.29 is 9.59 Å². The van der Waals surface area contributed by atoms with Crippen molar-refractivity contribution in [2.45, 2.75) is 0 Å². The van der Waals surface area contributed by atoms with Crippen LogP contribution in [0.1, 0.15) is 20.7 Å². The third-order valence-electron chi connectivity index (χ3n) is 4.64. The minimum Gasteiger partial charge on any atom is -0.338 e. The van der Waals surface area contributed by atoms with Crippen molar-refractivity contribution in [3.63, 3.8) is 0 Å². The highest BCUT2D eigenvalue weighted by molar-refractivity contribution is 9.10. The molecule has 0 fully saturated rings. The zero-order valence-corrected chi connectivity index (χ0v) is 15.5. The number of aromatic amines is 1. The fourth-order valence-corrected chi connectivity index (χ4v) is 3.67. The molecule has 3 aromatic carbocycles. The summed E-state index contributed by atoms with van der Waals surface area (Å²) in [5.41, 5.74) is 4.11. The van der Waals surface area contributed by atoms with E-state index in [4.69, 9.17) is 0 Å². The van der Waals surface area contributed by atoms with E-state index in [0.29, 0.717) is 16.8 Å². The number of nitrogens with one attached hydrogen (secondary N) is 1. The van der Waals surface area contributed by atoms with Crippen molar-refractivity contribution in [1.29, 1.82) is 0 Å². The van der Waals surface area contributed by atoms with Crippen molar-refractivity contribution in [3.8, 4) is 11.4 Å². The Morgan fingerprint density at radius 1 is 0.852 bits per heavy atom. The summed E-state index contributed by atoms with van der Waals surface area (Å²) in [6.45, 7) is 0. The van der Waals surface area contributed by atoms with Gasteiger partial charge in [-0.3, -0.25) is 9.59 Å². The topological polar surface area (TPSA) is 66.1 Å². The van der Waals surface area contributed by atoms with Crippen molar-refractivity contribution >= 4 is 44.5 Å². The van der Waals surface area contributed by atoms with E-state index in [1.807, 2.05) is 30.3 Å². The van der Waals surface area contributed by atoms with Crippen LogP contribution in [0.25, 0.3) is 22.4 Å². The molecule has 2 heterocycles. The number of carbonyl (C=O) groups excluding carboxylic acids is 2. The Labute approximate surface area is 162 Å². The van der Waals surface area contributed by atoms with Crippen LogP contribution in [0.5, 0.6) is 0 Å². The van der Waals surface area contributed by atoms with Crippen LogP contribution in [0, 0.1) is 0 Å². The van der Waals surface area contributed by atoms with Gasteiger partial charge in [-0.2, -0.15) is 0 Å². The Balaban J connectivity index is 1.50. The van der Waals surface area contributed by atoms with Gasteiger partial charge in [0.2, 0.25) is 0 Å². The van der Waals surface area contributed by atoms with Crippen LogP contribution in [-0.2, 0) is 0 Å². The number of anilines is 1. The minimum absolute atomic E-state index is 0.295. The fraction of sp³-hybridized carbons (Fsp3) is 0. The van der Waals surface area contributed by atoms with Gasteiger partial charge >= 0.3 is 0 Å². The molecule has 4 aromatic rings. The average Bonchev–Trinajstić information content (AvgIpc) is 3.21. The maximum Gasteiger partial charge on any atom is 0.266 e. The Morgan fingerprint density at radius 3 is 2.19 bits per heavy atom. The second-order valence-electron chi connectivity index (χ2n) is 6.29. The highest BCUT2D eigenvalue weighted by atomic mass is 79.9. The van der Waals surface area contributed by atoms with Crippen molar-refractivity contribution in [2.24, 2.45) is 0 Å². The summed E-state index contributed by atoms with van der Waals surface area (Å²) >= 11 is 3.45. The Bertz CT molecular complexity index is 1190. The van der Waals surface area contributed by atoms with Gasteiger partial charge in [-0.25, -0.2) is 9.88 Å². The van der Waals surface area contributed by atoms with Gasteiger partial charge in [-0.1, -0.05) is 28.1 Å². The predicted octanol–water partition coefficient (Wildman–Crippen LogP) is 4.79. The summed E-state index contributed by atoms with van der Waals surface area (Å²) in [5.74, 6) is 0.144. The molecule has 0 radical (unpaired) electrons. The van der Waals surface area contributed by atoms with Crippen molar-refractivity contribution in [2.75, 3.05) is 4.90 Å². The summed E-state index contributed by atoms with van der Waals surface area (Å²) in [5, 5.41) is 0. The largest absolute Gasteiger partial charge is 0.338 e. The molecular weight excluding hydrogens is 406 g/mol. The smallest absolute Gasteiger partial charge is 0.266 e. The van der Waals surface area contributed by atoms with Gasteiger partial charge in [-0.05, 0) is 54.6 Å². The highest BCUT2D eigenvalue weighted by Crippen LogP contribution is 2.30. The van der Waals surface area contributed by atoms with Gasteiger partial charge in [0.15, 0.2) is 0 Å². The first kappa shape index (κ1) is 16.0. The fourth-order valence-electron chi connectivity index (χ4n) is 3.31. The van der Waals surface area contributed by atoms with Gasteiger partial charge in [-0.15, -0.1) is 0 Å². The number of imidazole rings is 1. The molecule has 5 nitrogen and oxygen atoms in total. The average molecular weight is 418 g/mol. The predicted molar refractivity (Wildman–Crippen MR) is 107 cm³/mol. The summed E-state index contributed by atoms with van der Waals surface area (Å²) in [6.07, 6.45) is 0. The van der Waals surface area contributed by atoms with Gasteiger partial charge in [0, 0.05) is 10.0 Å². The Hall–Kier alpha value is -3.25. The number of hydrogen-bond donors (Lipinski definition) is 1. The molecule has 5 rings (SSSR count). The molecule has 130 valence electrons. The SMILES string of the molecule is O=C1c2ccccc2C(=O)N1c1ccc(-c2nc3ccc(Br)cc3[nH]2)cc1. The summed E-state index contributed by atoms with van der Waals surface area (Å²) in [7, 11) is 0. The first-order chi connectivity index (χ1) is 13.1. The molecular formula is C21H12BrN3O2. The quantitative estimate of drug-likeness (QED) is 0.476. The summed E-state index contributed by atoms with van der Waals surface area (Å²) in [4.78, 5) is 34.3. The highest BCUT2D eigenvalue weighted by Gasteiger charge is 2.36. The molecule has 0 saturated carbocycles. The number of carbonyl (C=O) groups is 2. The van der Waals surface area contributed by atoms with E-state index in [2.05, 4.69) is 25.9 Å². The lowest BCUT2D eigenvalue weighted by Crippen LogP contribution is -2.29. The summed E-state index contributed by atoms with van der Waals surface area (Å²) in [6, 6.07) is 20.0. The molecule has 0 unspecified atom stereocenters.